The third-order valence-electron chi connectivity index (χ3n) is 5.00. The van der Waals surface area contributed by atoms with Crippen molar-refractivity contribution in [2.45, 2.75) is 6.42 Å². The lowest BCUT2D eigenvalue weighted by molar-refractivity contribution is -0.383. The highest BCUT2D eigenvalue weighted by molar-refractivity contribution is 6.01. The molecule has 2 aromatic carbocycles. The number of aromatic amines is 1. The Labute approximate surface area is 179 Å². The molecule has 2 heterocycles. The molecule has 2 aromatic heterocycles. The van der Waals surface area contributed by atoms with Gasteiger partial charge in [-0.05, 0) is 23.8 Å². The summed E-state index contributed by atoms with van der Waals surface area (Å²) in [7, 11) is 0. The number of fused-ring (bicyclic) bond motifs is 5. The van der Waals surface area contributed by atoms with Crippen LogP contribution in [0.5, 0.6) is 0 Å². The number of imidazole rings is 1. The molecule has 0 bridgehead atoms. The van der Waals surface area contributed by atoms with Gasteiger partial charge < -0.3 is 26.6 Å². The first-order valence-electron chi connectivity index (χ1n) is 9.04. The van der Waals surface area contributed by atoms with Gasteiger partial charge in [0.1, 0.15) is 5.69 Å². The fourth-order valence-electron chi connectivity index (χ4n) is 3.71. The van der Waals surface area contributed by atoms with Crippen molar-refractivity contribution >= 4 is 28.7 Å². The van der Waals surface area contributed by atoms with Crippen LogP contribution in [-0.4, -0.2) is 36.3 Å². The Hall–Kier alpha value is -4.55. The van der Waals surface area contributed by atoms with Crippen LogP contribution < -0.4 is 16.2 Å². The zero-order valence-electron chi connectivity index (χ0n) is 16.4. The van der Waals surface area contributed by atoms with Gasteiger partial charge in [-0.25, -0.2) is 9.78 Å². The molecule has 0 radical (unpaired) electrons. The van der Waals surface area contributed by atoms with E-state index in [1.54, 1.807) is 28.9 Å². The van der Waals surface area contributed by atoms with E-state index in [-0.39, 0.29) is 27.9 Å². The summed E-state index contributed by atoms with van der Waals surface area (Å²) in [6.07, 6.45) is 3.89. The van der Waals surface area contributed by atoms with Gasteiger partial charge in [-0.1, -0.05) is 18.2 Å². The van der Waals surface area contributed by atoms with Gasteiger partial charge in [-0.3, -0.25) is 19.3 Å². The van der Waals surface area contributed by atoms with E-state index in [0.717, 1.165) is 22.5 Å². The number of hydrogen-bond donors (Lipinski definition) is 3. The normalized spacial score (nSPS) is 11.0. The first kappa shape index (κ1) is 22.1. The summed E-state index contributed by atoms with van der Waals surface area (Å²) in [5, 5.41) is 16.3. The molecule has 0 spiro atoms. The molecule has 0 atom stereocenters. The van der Waals surface area contributed by atoms with Crippen molar-refractivity contribution in [2.24, 2.45) is 0 Å². The van der Waals surface area contributed by atoms with E-state index >= 15 is 0 Å². The van der Waals surface area contributed by atoms with Gasteiger partial charge in [0.15, 0.2) is 0 Å². The molecule has 0 saturated carbocycles. The molecule has 0 fully saturated rings. The molecular formula is C20H18N6O6. The number of nitrogens with one attached hydrogen (secondary N) is 3. The Morgan fingerprint density at radius 2 is 1.94 bits per heavy atom. The number of anilines is 2. The van der Waals surface area contributed by atoms with Crippen LogP contribution in [0.2, 0.25) is 0 Å². The maximum absolute atomic E-state index is 12.4. The number of benzene rings is 2. The van der Waals surface area contributed by atoms with Crippen LogP contribution in [-0.2, 0) is 6.42 Å². The molecule has 2 amide bonds. The highest BCUT2D eigenvalue weighted by Gasteiger charge is 2.24. The summed E-state index contributed by atoms with van der Waals surface area (Å²) < 4.78 is 1.77. The van der Waals surface area contributed by atoms with E-state index in [0.29, 0.717) is 17.8 Å². The zero-order valence-corrected chi connectivity index (χ0v) is 16.4. The number of carbonyl (C=O) groups excluding carboxylic acids is 1. The molecule has 0 saturated heterocycles. The minimum absolute atomic E-state index is 0. The van der Waals surface area contributed by atoms with Crippen molar-refractivity contribution in [3.63, 3.8) is 0 Å². The molecule has 5 rings (SSSR count). The van der Waals surface area contributed by atoms with Gasteiger partial charge in [-0.2, -0.15) is 0 Å². The van der Waals surface area contributed by atoms with Crippen molar-refractivity contribution in [1.82, 2.24) is 14.4 Å². The fraction of sp³-hybridized carbons (Fsp3) is 0.0500. The standard InChI is InChI=1S/C20H14N6O4.2H2O/c27-19-18-21-7-8-25(18)16-10-11-9-12(5-6-13(11)17(16)24-19)22-20(28)23-14-3-1-2-4-15(14)26(29)30;;/h1-9H,10H2,(H,24,27)(H2,22,23,28);2*1H2. The second-order valence-corrected chi connectivity index (χ2v) is 6.80. The number of para-hydroxylation sites is 2. The average molecular weight is 438 g/mol. The molecule has 0 unspecified atom stereocenters. The van der Waals surface area contributed by atoms with E-state index in [4.69, 9.17) is 0 Å². The molecule has 32 heavy (non-hydrogen) atoms. The summed E-state index contributed by atoms with van der Waals surface area (Å²) in [6, 6.07) is 10.7. The van der Waals surface area contributed by atoms with Crippen LogP contribution in [0.1, 0.15) is 11.3 Å². The van der Waals surface area contributed by atoms with Gasteiger partial charge >= 0.3 is 6.03 Å². The molecule has 12 heteroatoms. The number of nitro groups is 1. The van der Waals surface area contributed by atoms with Crippen molar-refractivity contribution in [2.75, 3.05) is 10.6 Å². The lowest BCUT2D eigenvalue weighted by Gasteiger charge is -2.09. The quantitative estimate of drug-likeness (QED) is 0.283. The van der Waals surface area contributed by atoms with Crippen molar-refractivity contribution in [3.05, 3.63) is 86.6 Å². The van der Waals surface area contributed by atoms with Crippen molar-refractivity contribution < 1.29 is 20.7 Å². The van der Waals surface area contributed by atoms with E-state index in [2.05, 4.69) is 20.6 Å². The van der Waals surface area contributed by atoms with Gasteiger partial charge in [0, 0.05) is 36.1 Å². The predicted molar refractivity (Wildman–Crippen MR) is 117 cm³/mol. The lowest BCUT2D eigenvalue weighted by atomic mass is 10.1. The molecule has 12 nitrogen and oxygen atoms in total. The first-order chi connectivity index (χ1) is 14.5. The highest BCUT2D eigenvalue weighted by atomic mass is 16.6. The number of hydrogen-bond acceptors (Lipinski definition) is 5. The molecule has 0 aliphatic heterocycles. The van der Waals surface area contributed by atoms with Crippen LogP contribution in [0.25, 0.3) is 16.9 Å². The largest absolute Gasteiger partial charge is 0.412 e. The Balaban J connectivity index is 0.00000144. The lowest BCUT2D eigenvalue weighted by Crippen LogP contribution is -2.20. The third kappa shape index (κ3) is 3.55. The number of rotatable bonds is 3. The zero-order chi connectivity index (χ0) is 20.8. The fourth-order valence-corrected chi connectivity index (χ4v) is 3.71. The molecule has 1 aliphatic rings. The van der Waals surface area contributed by atoms with E-state index in [1.165, 1.54) is 18.2 Å². The molecular weight excluding hydrogens is 420 g/mol. The number of carbonyl (C=O) groups is 1. The molecule has 4 aromatic rings. The smallest absolute Gasteiger partial charge is 0.323 e. The predicted octanol–water partition coefficient (Wildman–Crippen LogP) is 1.50. The minimum atomic E-state index is -0.592. The average Bonchev–Trinajstić information content (AvgIpc) is 3.33. The van der Waals surface area contributed by atoms with Crippen LogP contribution >= 0.6 is 0 Å². The number of amides is 2. The minimum Gasteiger partial charge on any atom is -0.412 e. The van der Waals surface area contributed by atoms with E-state index in [1.807, 2.05) is 12.1 Å². The Morgan fingerprint density at radius 3 is 2.72 bits per heavy atom. The SMILES string of the molecule is O.O.O=C(Nc1ccc2c(c1)Cc1c-2[nH]c(=O)c2nccn12)Nc1ccccc1[N+](=O)[O-]. The summed E-state index contributed by atoms with van der Waals surface area (Å²) >= 11 is 0. The first-order valence-corrected chi connectivity index (χ1v) is 9.04. The van der Waals surface area contributed by atoms with E-state index in [9.17, 15) is 19.7 Å². The van der Waals surface area contributed by atoms with Gasteiger partial charge in [0.2, 0.25) is 5.65 Å². The summed E-state index contributed by atoms with van der Waals surface area (Å²) in [5.74, 6) is 0. The number of nitrogens with zero attached hydrogens (tertiary/aromatic N) is 3. The van der Waals surface area contributed by atoms with Gasteiger partial charge in [0.25, 0.3) is 11.2 Å². The van der Waals surface area contributed by atoms with Crippen LogP contribution in [0.4, 0.5) is 21.9 Å². The van der Waals surface area contributed by atoms with Crippen LogP contribution in [0.15, 0.2) is 59.7 Å². The molecule has 7 N–H and O–H groups in total. The Kier molecular flexibility index (Phi) is 5.74. The Morgan fingerprint density at radius 1 is 1.16 bits per heavy atom. The maximum Gasteiger partial charge on any atom is 0.323 e. The monoisotopic (exact) mass is 438 g/mol. The topological polar surface area (TPSA) is 197 Å². The number of aromatic nitrogens is 3. The van der Waals surface area contributed by atoms with E-state index < -0.39 is 11.0 Å². The van der Waals surface area contributed by atoms with Gasteiger partial charge in [0.05, 0.1) is 16.3 Å². The van der Waals surface area contributed by atoms with Crippen molar-refractivity contribution in [3.8, 4) is 11.3 Å². The van der Waals surface area contributed by atoms with Crippen molar-refractivity contribution in [1.29, 1.82) is 0 Å². The number of urea groups is 1. The molecule has 1 aliphatic carbocycles. The van der Waals surface area contributed by atoms with Crippen LogP contribution in [0, 0.1) is 10.1 Å². The summed E-state index contributed by atoms with van der Waals surface area (Å²) in [6.45, 7) is 0. The van der Waals surface area contributed by atoms with Crippen LogP contribution in [0.3, 0.4) is 0 Å². The second-order valence-electron chi connectivity index (χ2n) is 6.80. The summed E-state index contributed by atoms with van der Waals surface area (Å²) in [4.78, 5) is 42.1. The Bertz CT molecular complexity index is 1410. The highest BCUT2D eigenvalue weighted by Crippen LogP contribution is 2.36. The second kappa shape index (κ2) is 8.29. The maximum atomic E-state index is 12.4. The van der Waals surface area contributed by atoms with Gasteiger partial charge in [-0.15, -0.1) is 0 Å². The third-order valence-corrected chi connectivity index (χ3v) is 5.00. The number of H-pyrrole nitrogens is 1. The summed E-state index contributed by atoms with van der Waals surface area (Å²) in [5.41, 5.74) is 3.98. The molecule has 164 valence electrons. The number of nitro benzene ring substituents is 1.